The number of fused-ring (bicyclic) bond motifs is 1. The quantitative estimate of drug-likeness (QED) is 0.815. The minimum absolute atomic E-state index is 0.0614. The average molecular weight is 259 g/mol. The molecule has 0 saturated heterocycles. The molecule has 0 aliphatic carbocycles. The van der Waals surface area contributed by atoms with Crippen molar-refractivity contribution >= 4 is 16.7 Å². The predicted octanol–water partition coefficient (Wildman–Crippen LogP) is 3.01. The van der Waals surface area contributed by atoms with Crippen LogP contribution in [0.4, 0.5) is 0 Å². The van der Waals surface area contributed by atoms with Gasteiger partial charge in [0.25, 0.3) is 5.91 Å². The predicted molar refractivity (Wildman–Crippen MR) is 73.9 cm³/mol. The molecule has 0 radical (unpaired) electrons. The van der Waals surface area contributed by atoms with Gasteiger partial charge in [0.15, 0.2) is 0 Å². The van der Waals surface area contributed by atoms with Crippen molar-refractivity contribution in [3.8, 4) is 5.75 Å². The number of carbonyl (C=O) groups is 1. The molecule has 4 heteroatoms. The molecule has 2 aromatic rings. The van der Waals surface area contributed by atoms with Crippen molar-refractivity contribution in [2.24, 2.45) is 0 Å². The van der Waals surface area contributed by atoms with Crippen LogP contribution in [0.15, 0.2) is 36.4 Å². The van der Waals surface area contributed by atoms with Gasteiger partial charge in [-0.2, -0.15) is 0 Å². The summed E-state index contributed by atoms with van der Waals surface area (Å²) >= 11 is 0. The Morgan fingerprint density at radius 3 is 2.32 bits per heavy atom. The minimum atomic E-state index is -0.484. The molecule has 0 spiro atoms. The van der Waals surface area contributed by atoms with E-state index >= 15 is 0 Å². The van der Waals surface area contributed by atoms with Crippen molar-refractivity contribution in [2.45, 2.75) is 26.4 Å². The molecule has 0 aliphatic rings. The Balaban J connectivity index is 2.29. The molecule has 0 unspecified atom stereocenters. The second-order valence-electron chi connectivity index (χ2n) is 5.36. The smallest absolute Gasteiger partial charge is 0.278 e. The van der Waals surface area contributed by atoms with E-state index in [1.54, 1.807) is 12.1 Å². The van der Waals surface area contributed by atoms with Crippen LogP contribution in [-0.2, 0) is 4.84 Å². The van der Waals surface area contributed by atoms with Gasteiger partial charge in [-0.05, 0) is 43.7 Å². The summed E-state index contributed by atoms with van der Waals surface area (Å²) in [7, 11) is 0. The van der Waals surface area contributed by atoms with Crippen LogP contribution in [0.2, 0.25) is 0 Å². The highest BCUT2D eigenvalue weighted by molar-refractivity contribution is 6.01. The first-order chi connectivity index (χ1) is 8.87. The van der Waals surface area contributed by atoms with E-state index in [4.69, 9.17) is 4.84 Å². The topological polar surface area (TPSA) is 58.6 Å². The lowest BCUT2D eigenvalue weighted by Crippen LogP contribution is -2.33. The first kappa shape index (κ1) is 13.4. The number of carbonyl (C=O) groups excluding carboxylic acids is 1. The van der Waals surface area contributed by atoms with Crippen LogP contribution < -0.4 is 5.48 Å². The second kappa shape index (κ2) is 4.90. The first-order valence-electron chi connectivity index (χ1n) is 6.07. The summed E-state index contributed by atoms with van der Waals surface area (Å²) in [6, 6.07) is 10.7. The maximum Gasteiger partial charge on any atom is 0.278 e. The zero-order valence-electron chi connectivity index (χ0n) is 11.2. The molecule has 4 nitrogen and oxygen atoms in total. The van der Waals surface area contributed by atoms with Crippen molar-refractivity contribution in [2.75, 3.05) is 0 Å². The van der Waals surface area contributed by atoms with Crippen molar-refractivity contribution in [3.63, 3.8) is 0 Å². The summed E-state index contributed by atoms with van der Waals surface area (Å²) in [5, 5.41) is 11.7. The Hall–Kier alpha value is -2.07. The minimum Gasteiger partial charge on any atom is -0.507 e. The highest BCUT2D eigenvalue weighted by Crippen LogP contribution is 2.25. The average Bonchev–Trinajstić information content (AvgIpc) is 2.34. The van der Waals surface area contributed by atoms with Crippen molar-refractivity contribution < 1.29 is 14.7 Å². The van der Waals surface area contributed by atoms with E-state index in [0.717, 1.165) is 10.8 Å². The van der Waals surface area contributed by atoms with Crippen molar-refractivity contribution in [3.05, 3.63) is 42.0 Å². The lowest BCUT2D eigenvalue weighted by molar-refractivity contribution is -0.0590. The molecule has 1 amide bonds. The second-order valence-corrected chi connectivity index (χ2v) is 5.36. The van der Waals surface area contributed by atoms with Gasteiger partial charge in [0.2, 0.25) is 0 Å². The van der Waals surface area contributed by atoms with Gasteiger partial charge in [0.1, 0.15) is 5.75 Å². The van der Waals surface area contributed by atoms with Crippen LogP contribution in [0.5, 0.6) is 5.75 Å². The third-order valence-corrected chi connectivity index (χ3v) is 2.56. The molecule has 0 fully saturated rings. The number of phenolic OH excluding ortho intramolecular Hbond substituents is 1. The molecule has 0 heterocycles. The SMILES string of the molecule is CC(C)(C)ONC(=O)c1cc2ccccc2cc1O. The molecule has 100 valence electrons. The largest absolute Gasteiger partial charge is 0.507 e. The Labute approximate surface area is 112 Å². The third-order valence-electron chi connectivity index (χ3n) is 2.56. The van der Waals surface area contributed by atoms with Crippen LogP contribution in [0.3, 0.4) is 0 Å². The number of nitrogens with one attached hydrogen (secondary N) is 1. The normalized spacial score (nSPS) is 11.5. The van der Waals surface area contributed by atoms with E-state index in [-0.39, 0.29) is 11.3 Å². The number of phenols is 1. The van der Waals surface area contributed by atoms with Gasteiger partial charge in [0.05, 0.1) is 11.2 Å². The van der Waals surface area contributed by atoms with E-state index in [2.05, 4.69) is 5.48 Å². The number of benzene rings is 2. The maximum atomic E-state index is 12.0. The number of rotatable bonds is 2. The Morgan fingerprint density at radius 1 is 1.16 bits per heavy atom. The van der Waals surface area contributed by atoms with Crippen LogP contribution in [0, 0.1) is 0 Å². The molecule has 2 N–H and O–H groups in total. The third kappa shape index (κ3) is 3.23. The highest BCUT2D eigenvalue weighted by Gasteiger charge is 2.16. The molecule has 0 aromatic heterocycles. The van der Waals surface area contributed by atoms with E-state index in [1.165, 1.54) is 0 Å². The van der Waals surface area contributed by atoms with Gasteiger partial charge in [-0.25, -0.2) is 5.48 Å². The first-order valence-corrected chi connectivity index (χ1v) is 6.07. The number of aromatic hydroxyl groups is 1. The standard InChI is InChI=1S/C15H17NO3/c1-15(2,3)19-16-14(18)12-8-10-6-4-5-7-11(10)9-13(12)17/h4-9,17H,1-3H3,(H,16,18). The van der Waals surface area contributed by atoms with E-state index in [9.17, 15) is 9.90 Å². The summed E-state index contributed by atoms with van der Waals surface area (Å²) in [5.41, 5.74) is 2.06. The molecule has 0 bridgehead atoms. The van der Waals surface area contributed by atoms with E-state index in [0.29, 0.717) is 0 Å². The summed E-state index contributed by atoms with van der Waals surface area (Å²) in [4.78, 5) is 17.2. The summed E-state index contributed by atoms with van der Waals surface area (Å²) in [5.74, 6) is -0.521. The number of hydroxylamine groups is 1. The van der Waals surface area contributed by atoms with Gasteiger partial charge < -0.3 is 5.11 Å². The fraction of sp³-hybridized carbons (Fsp3) is 0.267. The monoisotopic (exact) mass is 259 g/mol. The number of hydrogen-bond acceptors (Lipinski definition) is 3. The molecule has 2 rings (SSSR count). The zero-order valence-corrected chi connectivity index (χ0v) is 11.2. The highest BCUT2D eigenvalue weighted by atomic mass is 16.7. The fourth-order valence-corrected chi connectivity index (χ4v) is 1.66. The number of amides is 1. The summed E-state index contributed by atoms with van der Waals surface area (Å²) < 4.78 is 0. The fourth-order valence-electron chi connectivity index (χ4n) is 1.66. The molecule has 0 aliphatic heterocycles. The van der Waals surface area contributed by atoms with Crippen molar-refractivity contribution in [1.29, 1.82) is 0 Å². The van der Waals surface area contributed by atoms with Gasteiger partial charge in [0, 0.05) is 0 Å². The van der Waals surface area contributed by atoms with E-state index < -0.39 is 11.5 Å². The summed E-state index contributed by atoms with van der Waals surface area (Å²) in [6.07, 6.45) is 0. The Kier molecular flexibility index (Phi) is 3.44. The summed E-state index contributed by atoms with van der Waals surface area (Å²) in [6.45, 7) is 5.48. The lowest BCUT2D eigenvalue weighted by atomic mass is 10.1. The van der Waals surface area contributed by atoms with Gasteiger partial charge in [-0.15, -0.1) is 0 Å². The van der Waals surface area contributed by atoms with Gasteiger partial charge in [-0.3, -0.25) is 9.63 Å². The molecular formula is C15H17NO3. The number of hydrogen-bond donors (Lipinski definition) is 2. The van der Waals surface area contributed by atoms with E-state index in [1.807, 2.05) is 45.0 Å². The lowest BCUT2D eigenvalue weighted by Gasteiger charge is -2.19. The Bertz CT molecular complexity index is 614. The van der Waals surface area contributed by atoms with Crippen LogP contribution in [-0.4, -0.2) is 16.6 Å². The van der Waals surface area contributed by atoms with Crippen LogP contribution >= 0.6 is 0 Å². The molecule has 0 saturated carbocycles. The van der Waals surface area contributed by atoms with Crippen LogP contribution in [0.25, 0.3) is 10.8 Å². The zero-order chi connectivity index (χ0) is 14.0. The molecule has 19 heavy (non-hydrogen) atoms. The van der Waals surface area contributed by atoms with Gasteiger partial charge >= 0.3 is 0 Å². The molecule has 0 atom stereocenters. The van der Waals surface area contributed by atoms with Crippen LogP contribution in [0.1, 0.15) is 31.1 Å². The van der Waals surface area contributed by atoms with Crippen molar-refractivity contribution in [1.82, 2.24) is 5.48 Å². The molecule has 2 aromatic carbocycles. The Morgan fingerprint density at radius 2 is 1.74 bits per heavy atom. The molecular weight excluding hydrogens is 242 g/mol. The maximum absolute atomic E-state index is 12.0. The van der Waals surface area contributed by atoms with Gasteiger partial charge in [-0.1, -0.05) is 24.3 Å².